The van der Waals surface area contributed by atoms with Crippen molar-refractivity contribution in [1.29, 1.82) is 0 Å². The van der Waals surface area contributed by atoms with E-state index < -0.39 is 0 Å². The molecule has 1 aromatic rings. The molecule has 2 aliphatic rings. The second kappa shape index (κ2) is 8.59. The fraction of sp³-hybridized carbons (Fsp3) is 0.579. The maximum Gasteiger partial charge on any atom is 0.241 e. The average Bonchev–Trinajstić information content (AvgIpc) is 3.47. The number of carbonyl (C=O) groups is 2. The van der Waals surface area contributed by atoms with Crippen LogP contribution in [0.2, 0.25) is 10.0 Å². The van der Waals surface area contributed by atoms with Crippen LogP contribution < -0.4 is 10.6 Å². The van der Waals surface area contributed by atoms with Crippen molar-refractivity contribution in [2.45, 2.75) is 38.6 Å². The van der Waals surface area contributed by atoms with Gasteiger partial charge in [-0.05, 0) is 57.2 Å². The molecule has 26 heavy (non-hydrogen) atoms. The van der Waals surface area contributed by atoms with E-state index in [0.29, 0.717) is 28.2 Å². The Morgan fingerprint density at radius 3 is 2.77 bits per heavy atom. The van der Waals surface area contributed by atoms with Crippen LogP contribution in [0.1, 0.15) is 32.6 Å². The minimum atomic E-state index is -0.343. The van der Waals surface area contributed by atoms with E-state index in [-0.39, 0.29) is 23.8 Å². The summed E-state index contributed by atoms with van der Waals surface area (Å²) in [6.07, 6.45) is 4.24. The molecule has 1 aliphatic carbocycles. The fourth-order valence-corrected chi connectivity index (χ4v) is 3.63. The van der Waals surface area contributed by atoms with Gasteiger partial charge in [-0.25, -0.2) is 0 Å². The van der Waals surface area contributed by atoms with Crippen LogP contribution in [0.25, 0.3) is 0 Å². The third-order valence-corrected chi connectivity index (χ3v) is 6.04. The summed E-state index contributed by atoms with van der Waals surface area (Å²) in [5.41, 5.74) is 0.506. The molecule has 7 heteroatoms. The third-order valence-electron chi connectivity index (χ3n) is 5.22. The van der Waals surface area contributed by atoms with Crippen molar-refractivity contribution in [3.63, 3.8) is 0 Å². The van der Waals surface area contributed by atoms with Crippen molar-refractivity contribution in [3.8, 4) is 0 Å². The molecular weight excluding hydrogens is 373 g/mol. The van der Waals surface area contributed by atoms with Crippen LogP contribution in [0.15, 0.2) is 18.2 Å². The minimum Gasteiger partial charge on any atom is -0.356 e. The van der Waals surface area contributed by atoms with E-state index >= 15 is 0 Å². The number of halogens is 2. The number of benzene rings is 1. The SMILES string of the molecule is CC(C(=O)Nc1cccc(Cl)c1Cl)N1CCCC(C(=O)NCC2CC2)C1. The number of rotatable bonds is 6. The molecule has 2 atom stereocenters. The van der Waals surface area contributed by atoms with Crippen LogP contribution in [-0.4, -0.2) is 42.4 Å². The van der Waals surface area contributed by atoms with E-state index in [9.17, 15) is 9.59 Å². The number of nitrogens with zero attached hydrogens (tertiary/aromatic N) is 1. The molecule has 0 bridgehead atoms. The number of hydrogen-bond acceptors (Lipinski definition) is 3. The molecule has 1 saturated heterocycles. The topological polar surface area (TPSA) is 61.4 Å². The van der Waals surface area contributed by atoms with Crippen LogP contribution in [0.5, 0.6) is 0 Å². The number of hydrogen-bond donors (Lipinski definition) is 2. The normalized spacial score (nSPS) is 21.9. The van der Waals surface area contributed by atoms with Gasteiger partial charge in [-0.3, -0.25) is 14.5 Å². The van der Waals surface area contributed by atoms with Crippen molar-refractivity contribution < 1.29 is 9.59 Å². The van der Waals surface area contributed by atoms with Gasteiger partial charge in [0.15, 0.2) is 0 Å². The maximum absolute atomic E-state index is 12.6. The van der Waals surface area contributed by atoms with Gasteiger partial charge in [0, 0.05) is 13.1 Å². The smallest absolute Gasteiger partial charge is 0.241 e. The lowest BCUT2D eigenvalue weighted by atomic mass is 9.95. The molecule has 2 fully saturated rings. The van der Waals surface area contributed by atoms with Crippen LogP contribution in [-0.2, 0) is 9.59 Å². The van der Waals surface area contributed by atoms with E-state index in [1.165, 1.54) is 12.8 Å². The summed E-state index contributed by atoms with van der Waals surface area (Å²) in [6.45, 7) is 4.07. The molecule has 1 aromatic carbocycles. The van der Waals surface area contributed by atoms with E-state index in [4.69, 9.17) is 23.2 Å². The average molecular weight is 398 g/mol. The largest absolute Gasteiger partial charge is 0.356 e. The molecule has 5 nitrogen and oxygen atoms in total. The highest BCUT2D eigenvalue weighted by molar-refractivity contribution is 6.44. The first-order valence-electron chi connectivity index (χ1n) is 9.22. The molecule has 3 rings (SSSR count). The predicted octanol–water partition coefficient (Wildman–Crippen LogP) is 3.56. The highest BCUT2D eigenvalue weighted by Gasteiger charge is 2.32. The molecule has 0 radical (unpaired) electrons. The minimum absolute atomic E-state index is 0.0486. The van der Waals surface area contributed by atoms with E-state index in [2.05, 4.69) is 15.5 Å². The van der Waals surface area contributed by atoms with Crippen molar-refractivity contribution in [2.75, 3.05) is 25.0 Å². The molecule has 2 amide bonds. The quantitative estimate of drug-likeness (QED) is 0.771. The number of carbonyl (C=O) groups excluding carboxylic acids is 2. The van der Waals surface area contributed by atoms with Gasteiger partial charge in [-0.1, -0.05) is 29.3 Å². The molecule has 142 valence electrons. The van der Waals surface area contributed by atoms with Gasteiger partial charge in [0.2, 0.25) is 11.8 Å². The molecule has 1 saturated carbocycles. The lowest BCUT2D eigenvalue weighted by molar-refractivity contribution is -0.129. The summed E-state index contributed by atoms with van der Waals surface area (Å²) in [5.74, 6) is 0.596. The first kappa shape index (κ1) is 19.5. The summed E-state index contributed by atoms with van der Waals surface area (Å²) in [6, 6.07) is 4.81. The molecule has 0 aromatic heterocycles. The van der Waals surface area contributed by atoms with E-state index in [1.807, 2.05) is 6.92 Å². The Morgan fingerprint density at radius 2 is 2.04 bits per heavy atom. The molecule has 1 aliphatic heterocycles. The van der Waals surface area contributed by atoms with Crippen molar-refractivity contribution >= 4 is 40.7 Å². The third kappa shape index (κ3) is 4.90. The van der Waals surface area contributed by atoms with Crippen LogP contribution in [0.3, 0.4) is 0 Å². The zero-order chi connectivity index (χ0) is 18.7. The van der Waals surface area contributed by atoms with E-state index in [0.717, 1.165) is 25.9 Å². The highest BCUT2D eigenvalue weighted by atomic mass is 35.5. The Balaban J connectivity index is 1.55. The standard InChI is InChI=1S/C19H25Cl2N3O2/c1-12(18(25)23-16-6-2-5-15(20)17(16)21)24-9-3-4-14(11-24)19(26)22-10-13-7-8-13/h2,5-6,12-14H,3-4,7-11H2,1H3,(H,22,26)(H,23,25). The molecule has 2 unspecified atom stereocenters. The fourth-order valence-electron chi connectivity index (χ4n) is 3.29. The van der Waals surface area contributed by atoms with Gasteiger partial charge in [0.25, 0.3) is 0 Å². The van der Waals surface area contributed by atoms with Gasteiger partial charge >= 0.3 is 0 Å². The van der Waals surface area contributed by atoms with Gasteiger partial charge in [-0.15, -0.1) is 0 Å². The zero-order valence-corrected chi connectivity index (χ0v) is 16.4. The summed E-state index contributed by atoms with van der Waals surface area (Å²) in [7, 11) is 0. The summed E-state index contributed by atoms with van der Waals surface area (Å²) in [4.78, 5) is 27.1. The van der Waals surface area contributed by atoms with Crippen molar-refractivity contribution in [1.82, 2.24) is 10.2 Å². The summed E-state index contributed by atoms with van der Waals surface area (Å²) < 4.78 is 0. The molecule has 1 heterocycles. The van der Waals surface area contributed by atoms with Crippen molar-refractivity contribution in [3.05, 3.63) is 28.2 Å². The number of nitrogens with one attached hydrogen (secondary N) is 2. The van der Waals surface area contributed by atoms with Crippen LogP contribution >= 0.6 is 23.2 Å². The Bertz CT molecular complexity index is 679. The summed E-state index contributed by atoms with van der Waals surface area (Å²) in [5, 5.41) is 6.64. The van der Waals surface area contributed by atoms with Gasteiger partial charge in [0.05, 0.1) is 27.7 Å². The molecular formula is C19H25Cl2N3O2. The zero-order valence-electron chi connectivity index (χ0n) is 14.9. The second-order valence-corrected chi connectivity index (χ2v) is 8.07. The Kier molecular flexibility index (Phi) is 6.43. The predicted molar refractivity (Wildman–Crippen MR) is 105 cm³/mol. The number of anilines is 1. The monoisotopic (exact) mass is 397 g/mol. The molecule has 2 N–H and O–H groups in total. The van der Waals surface area contributed by atoms with Crippen LogP contribution in [0, 0.1) is 11.8 Å². The number of likely N-dealkylation sites (tertiary alicyclic amines) is 1. The van der Waals surface area contributed by atoms with Gasteiger partial charge in [-0.2, -0.15) is 0 Å². The summed E-state index contributed by atoms with van der Waals surface area (Å²) >= 11 is 12.1. The second-order valence-electron chi connectivity index (χ2n) is 7.29. The van der Waals surface area contributed by atoms with E-state index in [1.54, 1.807) is 18.2 Å². The number of amides is 2. The maximum atomic E-state index is 12.6. The van der Waals surface area contributed by atoms with Gasteiger partial charge in [0.1, 0.15) is 0 Å². The first-order valence-corrected chi connectivity index (χ1v) is 9.98. The Morgan fingerprint density at radius 1 is 1.27 bits per heavy atom. The van der Waals surface area contributed by atoms with Crippen LogP contribution in [0.4, 0.5) is 5.69 Å². The Labute approximate surface area is 164 Å². The van der Waals surface area contributed by atoms with Crippen molar-refractivity contribution in [2.24, 2.45) is 11.8 Å². The lowest BCUT2D eigenvalue weighted by Gasteiger charge is -2.35. The number of piperidine rings is 1. The Hall–Kier alpha value is -1.30. The lowest BCUT2D eigenvalue weighted by Crippen LogP contribution is -2.50. The highest BCUT2D eigenvalue weighted by Crippen LogP contribution is 2.30. The first-order chi connectivity index (χ1) is 12.5. The molecule has 0 spiro atoms. The van der Waals surface area contributed by atoms with Gasteiger partial charge < -0.3 is 10.6 Å².